The largest absolute Gasteiger partial charge is 0.490 e. The SMILES string of the molecule is Cc1noc2nc(C(C)C)cc(C(=O)N3CCCCCOc4ccccc4Oc4ncccc4C3)c12. The summed E-state index contributed by atoms with van der Waals surface area (Å²) >= 11 is 0. The maximum atomic E-state index is 14.1. The number of hydrogen-bond donors (Lipinski definition) is 0. The molecule has 3 aromatic heterocycles. The van der Waals surface area contributed by atoms with Crippen LogP contribution in [-0.2, 0) is 6.54 Å². The first-order valence-electron chi connectivity index (χ1n) is 12.4. The summed E-state index contributed by atoms with van der Waals surface area (Å²) < 4.78 is 17.7. The van der Waals surface area contributed by atoms with Crippen molar-refractivity contribution in [3.05, 3.63) is 71.2 Å². The Morgan fingerprint density at radius 1 is 1.06 bits per heavy atom. The van der Waals surface area contributed by atoms with Gasteiger partial charge in [-0.05, 0) is 56.4 Å². The molecule has 1 aromatic carbocycles. The molecule has 0 unspecified atom stereocenters. The quantitative estimate of drug-likeness (QED) is 0.341. The first-order valence-corrected chi connectivity index (χ1v) is 12.4. The third kappa shape index (κ3) is 4.89. The molecule has 0 fully saturated rings. The third-order valence-corrected chi connectivity index (χ3v) is 6.34. The molecule has 0 radical (unpaired) electrons. The number of aromatic nitrogens is 3. The normalized spacial score (nSPS) is 14.6. The van der Waals surface area contributed by atoms with E-state index in [4.69, 9.17) is 14.0 Å². The molecule has 1 amide bonds. The standard InChI is InChI=1S/C28H30N4O4/c1-18(2)22-16-21(25-19(3)31-36-27(25)30-22)28(33)32-14-7-4-8-15-34-23-11-5-6-12-24(23)35-26-20(17-32)10-9-13-29-26/h5-6,9-13,16,18H,4,7-8,14-15,17H2,1-3H3. The van der Waals surface area contributed by atoms with Crippen molar-refractivity contribution in [2.24, 2.45) is 0 Å². The smallest absolute Gasteiger partial charge is 0.259 e. The van der Waals surface area contributed by atoms with E-state index in [9.17, 15) is 4.79 Å². The van der Waals surface area contributed by atoms with Crippen molar-refractivity contribution in [3.8, 4) is 17.4 Å². The molecule has 1 aliphatic heterocycles. The number of para-hydroxylation sites is 2. The van der Waals surface area contributed by atoms with Crippen LogP contribution < -0.4 is 9.47 Å². The number of benzene rings is 1. The first-order chi connectivity index (χ1) is 17.5. The van der Waals surface area contributed by atoms with Crippen LogP contribution in [0, 0.1) is 6.92 Å². The van der Waals surface area contributed by atoms with Crippen molar-refractivity contribution in [3.63, 3.8) is 0 Å². The fourth-order valence-electron chi connectivity index (χ4n) is 4.36. The van der Waals surface area contributed by atoms with Crippen LogP contribution in [0.2, 0.25) is 0 Å². The summed E-state index contributed by atoms with van der Waals surface area (Å²) in [6.45, 7) is 7.45. The van der Waals surface area contributed by atoms with E-state index >= 15 is 0 Å². The zero-order chi connectivity index (χ0) is 25.1. The van der Waals surface area contributed by atoms with Gasteiger partial charge in [0.1, 0.15) is 0 Å². The van der Waals surface area contributed by atoms with Gasteiger partial charge in [0.15, 0.2) is 11.5 Å². The number of pyridine rings is 2. The Kier molecular flexibility index (Phi) is 6.84. The van der Waals surface area contributed by atoms with Crippen LogP contribution in [0.1, 0.15) is 66.3 Å². The van der Waals surface area contributed by atoms with E-state index in [-0.39, 0.29) is 11.8 Å². The molecule has 0 atom stereocenters. The fourth-order valence-corrected chi connectivity index (χ4v) is 4.36. The van der Waals surface area contributed by atoms with Gasteiger partial charge in [0.05, 0.1) is 29.8 Å². The molecule has 0 saturated heterocycles. The van der Waals surface area contributed by atoms with Crippen LogP contribution >= 0.6 is 0 Å². The van der Waals surface area contributed by atoms with Crippen molar-refractivity contribution in [1.29, 1.82) is 0 Å². The lowest BCUT2D eigenvalue weighted by molar-refractivity contribution is 0.0740. The van der Waals surface area contributed by atoms with Gasteiger partial charge in [0.25, 0.3) is 11.6 Å². The van der Waals surface area contributed by atoms with E-state index in [1.807, 2.05) is 68.1 Å². The molecule has 0 saturated carbocycles. The van der Waals surface area contributed by atoms with Crippen LogP contribution in [0.5, 0.6) is 17.4 Å². The van der Waals surface area contributed by atoms with Crippen molar-refractivity contribution in [2.75, 3.05) is 13.2 Å². The van der Waals surface area contributed by atoms with Gasteiger partial charge in [-0.15, -0.1) is 0 Å². The number of carbonyl (C=O) groups is 1. The number of rotatable bonds is 2. The molecule has 5 rings (SSSR count). The Balaban J connectivity index is 1.54. The van der Waals surface area contributed by atoms with E-state index in [0.29, 0.717) is 59.4 Å². The first kappa shape index (κ1) is 23.8. The molecule has 4 heterocycles. The third-order valence-electron chi connectivity index (χ3n) is 6.34. The Morgan fingerprint density at radius 3 is 2.72 bits per heavy atom. The maximum absolute atomic E-state index is 14.1. The minimum Gasteiger partial charge on any atom is -0.490 e. The summed E-state index contributed by atoms with van der Waals surface area (Å²) in [7, 11) is 0. The second-order valence-electron chi connectivity index (χ2n) is 9.35. The van der Waals surface area contributed by atoms with Gasteiger partial charge in [-0.25, -0.2) is 9.97 Å². The Bertz CT molecular complexity index is 1380. The van der Waals surface area contributed by atoms with Gasteiger partial charge in [-0.2, -0.15) is 0 Å². The highest BCUT2D eigenvalue weighted by molar-refractivity contribution is 6.06. The molecule has 36 heavy (non-hydrogen) atoms. The molecule has 0 N–H and O–H groups in total. The number of ether oxygens (including phenoxy) is 2. The summed E-state index contributed by atoms with van der Waals surface area (Å²) in [6, 6.07) is 13.3. The number of aryl methyl sites for hydroxylation is 1. The summed E-state index contributed by atoms with van der Waals surface area (Å²) in [5.41, 5.74) is 3.23. The zero-order valence-electron chi connectivity index (χ0n) is 20.9. The number of fused-ring (bicyclic) bond motifs is 3. The number of carbonyl (C=O) groups excluding carboxylic acids is 1. The van der Waals surface area contributed by atoms with Gasteiger partial charge in [-0.1, -0.05) is 37.2 Å². The van der Waals surface area contributed by atoms with Crippen molar-refractivity contribution in [1.82, 2.24) is 20.0 Å². The Morgan fingerprint density at radius 2 is 1.89 bits per heavy atom. The lowest BCUT2D eigenvalue weighted by Gasteiger charge is -2.24. The topological polar surface area (TPSA) is 90.6 Å². The highest BCUT2D eigenvalue weighted by atomic mass is 16.5. The summed E-state index contributed by atoms with van der Waals surface area (Å²) in [5.74, 6) is 1.79. The van der Waals surface area contributed by atoms with Crippen molar-refractivity contribution in [2.45, 2.75) is 52.5 Å². The number of nitrogens with zero attached hydrogens (tertiary/aromatic N) is 4. The minimum atomic E-state index is -0.0862. The van der Waals surface area contributed by atoms with Gasteiger partial charge < -0.3 is 18.9 Å². The molecule has 0 spiro atoms. The summed E-state index contributed by atoms with van der Waals surface area (Å²) in [6.07, 6.45) is 4.35. The van der Waals surface area contributed by atoms with Gasteiger partial charge in [-0.3, -0.25) is 4.79 Å². The molecular formula is C28H30N4O4. The highest BCUT2D eigenvalue weighted by Gasteiger charge is 2.25. The van der Waals surface area contributed by atoms with Crippen LogP contribution in [0.4, 0.5) is 0 Å². The summed E-state index contributed by atoms with van der Waals surface area (Å²) in [5, 5.41) is 4.75. The van der Waals surface area contributed by atoms with Gasteiger partial charge in [0, 0.05) is 24.0 Å². The number of hydrogen-bond acceptors (Lipinski definition) is 7. The molecule has 4 aromatic rings. The van der Waals surface area contributed by atoms with Crippen LogP contribution in [-0.4, -0.2) is 39.1 Å². The average molecular weight is 487 g/mol. The Hall–Kier alpha value is -3.94. The minimum absolute atomic E-state index is 0.0862. The molecule has 186 valence electrons. The van der Waals surface area contributed by atoms with Crippen LogP contribution in [0.25, 0.3) is 11.1 Å². The zero-order valence-corrected chi connectivity index (χ0v) is 20.9. The van der Waals surface area contributed by atoms with E-state index in [2.05, 4.69) is 15.1 Å². The maximum Gasteiger partial charge on any atom is 0.259 e. The van der Waals surface area contributed by atoms with Crippen molar-refractivity contribution >= 4 is 17.0 Å². The average Bonchev–Trinajstić information content (AvgIpc) is 3.27. The molecule has 0 bridgehead atoms. The van der Waals surface area contributed by atoms with E-state index in [0.717, 1.165) is 30.5 Å². The molecule has 8 nitrogen and oxygen atoms in total. The predicted molar refractivity (Wildman–Crippen MR) is 135 cm³/mol. The van der Waals surface area contributed by atoms with Crippen LogP contribution in [0.15, 0.2) is 53.2 Å². The monoisotopic (exact) mass is 486 g/mol. The van der Waals surface area contributed by atoms with Crippen LogP contribution in [0.3, 0.4) is 0 Å². The van der Waals surface area contributed by atoms with Gasteiger partial charge >= 0.3 is 0 Å². The number of amides is 1. The predicted octanol–water partition coefficient (Wildman–Crippen LogP) is 6.05. The summed E-state index contributed by atoms with van der Waals surface area (Å²) in [4.78, 5) is 25.0. The molecule has 8 heteroatoms. The van der Waals surface area contributed by atoms with E-state index in [1.165, 1.54) is 0 Å². The fraction of sp³-hybridized carbons (Fsp3) is 0.357. The highest BCUT2D eigenvalue weighted by Crippen LogP contribution is 2.33. The van der Waals surface area contributed by atoms with E-state index in [1.54, 1.807) is 6.20 Å². The lowest BCUT2D eigenvalue weighted by atomic mass is 10.0. The van der Waals surface area contributed by atoms with Gasteiger partial charge in [0.2, 0.25) is 5.88 Å². The molecule has 1 aliphatic rings. The van der Waals surface area contributed by atoms with E-state index < -0.39 is 0 Å². The second-order valence-corrected chi connectivity index (χ2v) is 9.35. The molecular weight excluding hydrogens is 456 g/mol. The lowest BCUT2D eigenvalue weighted by Crippen LogP contribution is -2.32. The van der Waals surface area contributed by atoms with Crippen molar-refractivity contribution < 1.29 is 18.8 Å². The molecule has 0 aliphatic carbocycles. The second kappa shape index (κ2) is 10.4. The Labute approximate surface area is 210 Å².